The number of fused-ring (bicyclic) bond motifs is 1. The lowest BCUT2D eigenvalue weighted by atomic mass is 9.97. The van der Waals surface area contributed by atoms with Gasteiger partial charge in [-0.1, -0.05) is 33.6 Å². The molecule has 6 nitrogen and oxygen atoms in total. The van der Waals surface area contributed by atoms with E-state index in [-0.39, 0.29) is 11.3 Å². The molecule has 0 bridgehead atoms. The summed E-state index contributed by atoms with van der Waals surface area (Å²) in [4.78, 5) is 32.6. The summed E-state index contributed by atoms with van der Waals surface area (Å²) in [7, 11) is 0. The quantitative estimate of drug-likeness (QED) is 0.316. The summed E-state index contributed by atoms with van der Waals surface area (Å²) >= 11 is 9.51. The number of benzene rings is 2. The molecule has 0 aliphatic carbocycles. The van der Waals surface area contributed by atoms with Gasteiger partial charge in [-0.25, -0.2) is 0 Å². The van der Waals surface area contributed by atoms with E-state index in [1.165, 1.54) is 4.90 Å². The summed E-state index contributed by atoms with van der Waals surface area (Å²) in [6.45, 7) is 1.80. The van der Waals surface area contributed by atoms with E-state index >= 15 is 0 Å². The van der Waals surface area contributed by atoms with Crippen LogP contribution in [-0.4, -0.2) is 21.8 Å². The second-order valence-corrected chi connectivity index (χ2v) is 9.00. The van der Waals surface area contributed by atoms with Crippen molar-refractivity contribution in [3.63, 3.8) is 0 Å². The van der Waals surface area contributed by atoms with Gasteiger partial charge in [-0.05, 0) is 67.1 Å². The summed E-state index contributed by atoms with van der Waals surface area (Å²) in [5.74, 6) is -1.89. The number of aliphatic hydroxyl groups excluding tert-OH is 1. The predicted molar refractivity (Wildman–Crippen MR) is 129 cm³/mol. The molecule has 1 unspecified atom stereocenters. The predicted octanol–water partition coefficient (Wildman–Crippen LogP) is 6.34. The molecule has 5 rings (SSSR count). The van der Waals surface area contributed by atoms with E-state index in [1.807, 2.05) is 6.07 Å². The SMILES string of the molecule is Cc1cc(Cl)ccc1N1C(=O)C(O)=C(C(=O)c2cc3cc(Br)ccc3o2)C1c1ccccn1. The molecular formula is C25H16BrClN2O4. The van der Waals surface area contributed by atoms with Gasteiger partial charge >= 0.3 is 0 Å². The van der Waals surface area contributed by atoms with E-state index in [9.17, 15) is 14.7 Å². The number of amides is 1. The lowest BCUT2D eigenvalue weighted by Gasteiger charge is -2.27. The van der Waals surface area contributed by atoms with Crippen LogP contribution in [0.1, 0.15) is 27.9 Å². The number of ketones is 1. The average Bonchev–Trinajstić information content (AvgIpc) is 3.33. The number of aryl methyl sites for hydroxylation is 1. The van der Waals surface area contributed by atoms with Gasteiger partial charge in [0.15, 0.2) is 11.5 Å². The summed E-state index contributed by atoms with van der Waals surface area (Å²) < 4.78 is 6.60. The summed E-state index contributed by atoms with van der Waals surface area (Å²) in [6.07, 6.45) is 1.57. The van der Waals surface area contributed by atoms with Crippen molar-refractivity contribution in [3.8, 4) is 0 Å². The normalized spacial score (nSPS) is 16.2. The number of rotatable bonds is 4. The van der Waals surface area contributed by atoms with Gasteiger partial charge in [-0.3, -0.25) is 19.5 Å². The van der Waals surface area contributed by atoms with E-state index in [0.717, 1.165) is 9.86 Å². The Morgan fingerprint density at radius 2 is 1.97 bits per heavy atom. The van der Waals surface area contributed by atoms with Gasteiger partial charge in [0.1, 0.15) is 11.6 Å². The Morgan fingerprint density at radius 1 is 1.15 bits per heavy atom. The molecule has 0 fully saturated rings. The Hall–Kier alpha value is -3.42. The number of hydrogen-bond donors (Lipinski definition) is 1. The van der Waals surface area contributed by atoms with Crippen LogP contribution >= 0.6 is 27.5 Å². The lowest BCUT2D eigenvalue weighted by molar-refractivity contribution is -0.117. The lowest BCUT2D eigenvalue weighted by Crippen LogP contribution is -2.32. The highest BCUT2D eigenvalue weighted by molar-refractivity contribution is 9.10. The topological polar surface area (TPSA) is 83.6 Å². The van der Waals surface area contributed by atoms with Crippen LogP contribution in [0.2, 0.25) is 5.02 Å². The van der Waals surface area contributed by atoms with Gasteiger partial charge in [0.2, 0.25) is 5.78 Å². The Balaban J connectivity index is 1.67. The minimum atomic E-state index is -0.939. The van der Waals surface area contributed by atoms with Crippen molar-refractivity contribution in [3.05, 3.63) is 105 Å². The molecule has 0 saturated heterocycles. The third-order valence-electron chi connectivity index (χ3n) is 5.54. The highest BCUT2D eigenvalue weighted by atomic mass is 79.9. The maximum Gasteiger partial charge on any atom is 0.294 e. The number of carbonyl (C=O) groups is 2. The van der Waals surface area contributed by atoms with Gasteiger partial charge in [-0.15, -0.1) is 0 Å². The molecule has 1 N–H and O–H groups in total. The largest absolute Gasteiger partial charge is 0.503 e. The van der Waals surface area contributed by atoms with Crippen LogP contribution in [0.15, 0.2) is 87.1 Å². The maximum absolute atomic E-state index is 13.6. The van der Waals surface area contributed by atoms with Gasteiger partial charge in [0.05, 0.1) is 11.3 Å². The molecule has 4 aromatic rings. The molecule has 164 valence electrons. The van der Waals surface area contributed by atoms with E-state index in [2.05, 4.69) is 20.9 Å². The van der Waals surface area contributed by atoms with Crippen molar-refractivity contribution in [2.45, 2.75) is 13.0 Å². The number of carbonyl (C=O) groups excluding carboxylic acids is 2. The number of aromatic nitrogens is 1. The second kappa shape index (κ2) is 8.17. The van der Waals surface area contributed by atoms with Crippen molar-refractivity contribution >= 4 is 55.9 Å². The zero-order valence-corrected chi connectivity index (χ0v) is 19.6. The molecule has 0 saturated carbocycles. The number of Topliss-reactive ketones (excluding diaryl/α,β-unsaturated/α-hetero) is 1. The van der Waals surface area contributed by atoms with E-state index in [0.29, 0.717) is 27.6 Å². The number of aliphatic hydroxyl groups is 1. The summed E-state index contributed by atoms with van der Waals surface area (Å²) in [5, 5.41) is 12.1. The number of anilines is 1. The fourth-order valence-electron chi connectivity index (χ4n) is 4.05. The van der Waals surface area contributed by atoms with Gasteiger partial charge in [-0.2, -0.15) is 0 Å². The molecule has 1 aliphatic heterocycles. The van der Waals surface area contributed by atoms with Crippen LogP contribution in [0, 0.1) is 6.92 Å². The van der Waals surface area contributed by atoms with Crippen LogP contribution < -0.4 is 4.90 Å². The van der Waals surface area contributed by atoms with Crippen molar-refractivity contribution in [1.29, 1.82) is 0 Å². The second-order valence-electron chi connectivity index (χ2n) is 7.65. The van der Waals surface area contributed by atoms with Crippen molar-refractivity contribution in [2.75, 3.05) is 4.90 Å². The highest BCUT2D eigenvalue weighted by Crippen LogP contribution is 2.43. The molecular weight excluding hydrogens is 508 g/mol. The van der Waals surface area contributed by atoms with Crippen LogP contribution in [0.3, 0.4) is 0 Å². The maximum atomic E-state index is 13.6. The molecule has 2 aromatic heterocycles. The molecule has 33 heavy (non-hydrogen) atoms. The number of hydrogen-bond acceptors (Lipinski definition) is 5. The zero-order chi connectivity index (χ0) is 23.3. The zero-order valence-electron chi connectivity index (χ0n) is 17.3. The first kappa shape index (κ1) is 21.4. The van der Waals surface area contributed by atoms with E-state index in [4.69, 9.17) is 16.0 Å². The Bertz CT molecular complexity index is 1460. The number of pyridine rings is 1. The molecule has 1 aliphatic rings. The van der Waals surface area contributed by atoms with Crippen molar-refractivity contribution in [2.24, 2.45) is 0 Å². The van der Waals surface area contributed by atoms with Gasteiger partial charge in [0, 0.05) is 26.8 Å². The highest BCUT2D eigenvalue weighted by Gasteiger charge is 2.46. The minimum absolute atomic E-state index is 0.0214. The van der Waals surface area contributed by atoms with E-state index < -0.39 is 23.5 Å². The van der Waals surface area contributed by atoms with Crippen molar-refractivity contribution in [1.82, 2.24) is 4.98 Å². The monoisotopic (exact) mass is 522 g/mol. The standard InChI is InChI=1S/C25H16BrClN2O4/c1-13-10-16(27)6-7-18(13)29-22(17-4-2-3-9-28-17)21(24(31)25(29)32)23(30)20-12-14-11-15(26)5-8-19(14)33-20/h2-12,22,31H,1H3. The van der Waals surface area contributed by atoms with Crippen LogP contribution in [0.5, 0.6) is 0 Å². The Labute approximate surface area is 202 Å². The average molecular weight is 524 g/mol. The molecule has 8 heteroatoms. The van der Waals surface area contributed by atoms with Gasteiger partial charge in [0.25, 0.3) is 5.91 Å². The van der Waals surface area contributed by atoms with Crippen LogP contribution in [0.25, 0.3) is 11.0 Å². The molecule has 1 atom stereocenters. The van der Waals surface area contributed by atoms with Crippen LogP contribution in [-0.2, 0) is 4.79 Å². The third kappa shape index (κ3) is 3.63. The Morgan fingerprint density at radius 3 is 2.70 bits per heavy atom. The first-order valence-corrected chi connectivity index (χ1v) is 11.2. The fourth-order valence-corrected chi connectivity index (χ4v) is 4.66. The molecule has 3 heterocycles. The molecule has 0 spiro atoms. The molecule has 0 radical (unpaired) electrons. The third-order valence-corrected chi connectivity index (χ3v) is 6.27. The smallest absolute Gasteiger partial charge is 0.294 e. The molecule has 2 aromatic carbocycles. The van der Waals surface area contributed by atoms with Gasteiger partial charge < -0.3 is 9.52 Å². The Kier molecular flexibility index (Phi) is 5.31. The summed E-state index contributed by atoms with van der Waals surface area (Å²) in [5.41, 5.74) is 2.10. The van der Waals surface area contributed by atoms with Crippen LogP contribution in [0.4, 0.5) is 5.69 Å². The fraction of sp³-hybridized carbons (Fsp3) is 0.0800. The molecule has 1 amide bonds. The number of nitrogens with zero attached hydrogens (tertiary/aromatic N) is 2. The van der Waals surface area contributed by atoms with E-state index in [1.54, 1.807) is 67.7 Å². The number of halogens is 2. The van der Waals surface area contributed by atoms with Crippen molar-refractivity contribution < 1.29 is 19.1 Å². The first-order valence-electron chi connectivity index (χ1n) is 10.0. The first-order chi connectivity index (χ1) is 15.8. The summed E-state index contributed by atoms with van der Waals surface area (Å²) in [6, 6.07) is 16.3. The number of furan rings is 1. The minimum Gasteiger partial charge on any atom is -0.503 e.